The second kappa shape index (κ2) is 5.38. The molecular weight excluding hydrogens is 230 g/mol. The van der Waals surface area contributed by atoms with Gasteiger partial charge in [-0.15, -0.1) is 0 Å². The summed E-state index contributed by atoms with van der Waals surface area (Å²) in [5.41, 5.74) is 0.00313. The molecule has 2 rings (SSSR count). The van der Waals surface area contributed by atoms with Crippen LogP contribution in [0.5, 0.6) is 5.75 Å². The Balaban J connectivity index is 2.11. The SMILES string of the molecule is CC1CC(C)CC(Oc2cccnc2C(=O)O)C1. The molecule has 1 fully saturated rings. The Morgan fingerprint density at radius 2 is 2.00 bits per heavy atom. The Morgan fingerprint density at radius 1 is 1.33 bits per heavy atom. The summed E-state index contributed by atoms with van der Waals surface area (Å²) in [4.78, 5) is 14.9. The van der Waals surface area contributed by atoms with Gasteiger partial charge in [0.1, 0.15) is 0 Å². The standard InChI is InChI=1S/C14H19NO3/c1-9-6-10(2)8-11(7-9)18-12-4-3-5-15-13(12)14(16)17/h3-5,9-11H,6-8H2,1-2H3,(H,16,17). The highest BCUT2D eigenvalue weighted by Crippen LogP contribution is 2.31. The van der Waals surface area contributed by atoms with E-state index in [0.29, 0.717) is 17.6 Å². The fourth-order valence-corrected chi connectivity index (χ4v) is 2.80. The normalized spacial score (nSPS) is 27.8. The summed E-state index contributed by atoms with van der Waals surface area (Å²) in [6, 6.07) is 3.39. The average molecular weight is 249 g/mol. The Hall–Kier alpha value is -1.58. The molecule has 0 spiro atoms. The van der Waals surface area contributed by atoms with Crippen LogP contribution in [0.15, 0.2) is 18.3 Å². The van der Waals surface area contributed by atoms with Crippen molar-refractivity contribution in [2.75, 3.05) is 0 Å². The van der Waals surface area contributed by atoms with Gasteiger partial charge in [-0.1, -0.05) is 13.8 Å². The second-order valence-corrected chi connectivity index (χ2v) is 5.31. The fraction of sp³-hybridized carbons (Fsp3) is 0.571. The predicted molar refractivity (Wildman–Crippen MR) is 67.8 cm³/mol. The van der Waals surface area contributed by atoms with E-state index in [1.165, 1.54) is 12.6 Å². The minimum Gasteiger partial charge on any atom is -0.488 e. The van der Waals surface area contributed by atoms with Gasteiger partial charge in [0.2, 0.25) is 0 Å². The van der Waals surface area contributed by atoms with Gasteiger partial charge in [0, 0.05) is 6.20 Å². The third-order valence-electron chi connectivity index (χ3n) is 3.40. The van der Waals surface area contributed by atoms with E-state index in [-0.39, 0.29) is 11.8 Å². The van der Waals surface area contributed by atoms with Gasteiger partial charge in [-0.2, -0.15) is 0 Å². The monoisotopic (exact) mass is 249 g/mol. The van der Waals surface area contributed by atoms with Gasteiger partial charge in [0.25, 0.3) is 0 Å². The molecule has 4 nitrogen and oxygen atoms in total. The molecule has 2 unspecified atom stereocenters. The molecule has 1 aliphatic rings. The smallest absolute Gasteiger partial charge is 0.358 e. The lowest BCUT2D eigenvalue weighted by atomic mass is 9.82. The molecule has 1 aromatic rings. The number of carboxylic acid groups (broad SMARTS) is 1. The molecule has 4 heteroatoms. The fourth-order valence-electron chi connectivity index (χ4n) is 2.80. The molecule has 1 saturated carbocycles. The summed E-state index contributed by atoms with van der Waals surface area (Å²) in [5, 5.41) is 9.06. The zero-order chi connectivity index (χ0) is 13.1. The van der Waals surface area contributed by atoms with Gasteiger partial charge in [-0.25, -0.2) is 9.78 Å². The number of carbonyl (C=O) groups is 1. The van der Waals surface area contributed by atoms with Gasteiger partial charge in [-0.05, 0) is 43.2 Å². The third kappa shape index (κ3) is 3.00. The first-order valence-corrected chi connectivity index (χ1v) is 6.41. The van der Waals surface area contributed by atoms with Gasteiger partial charge in [0.15, 0.2) is 11.4 Å². The van der Waals surface area contributed by atoms with Crippen LogP contribution in [0.4, 0.5) is 0 Å². The van der Waals surface area contributed by atoms with Crippen LogP contribution >= 0.6 is 0 Å². The Morgan fingerprint density at radius 3 is 2.61 bits per heavy atom. The third-order valence-corrected chi connectivity index (χ3v) is 3.40. The Bertz CT molecular complexity index is 423. The van der Waals surface area contributed by atoms with Gasteiger partial charge < -0.3 is 9.84 Å². The molecule has 1 heterocycles. The van der Waals surface area contributed by atoms with Crippen molar-refractivity contribution in [3.8, 4) is 5.75 Å². The zero-order valence-electron chi connectivity index (χ0n) is 10.8. The second-order valence-electron chi connectivity index (χ2n) is 5.31. The molecular formula is C14H19NO3. The Kier molecular flexibility index (Phi) is 3.84. The topological polar surface area (TPSA) is 59.4 Å². The predicted octanol–water partition coefficient (Wildman–Crippen LogP) is 2.98. The van der Waals surface area contributed by atoms with E-state index in [9.17, 15) is 4.79 Å². The number of ether oxygens (including phenoxy) is 1. The maximum absolute atomic E-state index is 11.0. The molecule has 0 saturated heterocycles. The largest absolute Gasteiger partial charge is 0.488 e. The van der Waals surface area contributed by atoms with Gasteiger partial charge in [0.05, 0.1) is 6.10 Å². The summed E-state index contributed by atoms with van der Waals surface area (Å²) in [6.07, 6.45) is 4.77. The van der Waals surface area contributed by atoms with Crippen molar-refractivity contribution in [2.24, 2.45) is 11.8 Å². The number of pyridine rings is 1. The molecule has 98 valence electrons. The van der Waals surface area contributed by atoms with Crippen LogP contribution in [0.1, 0.15) is 43.6 Å². The van der Waals surface area contributed by atoms with Crippen LogP contribution in [0.25, 0.3) is 0 Å². The number of hydrogen-bond donors (Lipinski definition) is 1. The van der Waals surface area contributed by atoms with Crippen molar-refractivity contribution < 1.29 is 14.6 Å². The summed E-state index contributed by atoms with van der Waals surface area (Å²) in [7, 11) is 0. The van der Waals surface area contributed by atoms with Crippen LogP contribution in [0.2, 0.25) is 0 Å². The van der Waals surface area contributed by atoms with Crippen molar-refractivity contribution in [3.05, 3.63) is 24.0 Å². The van der Waals surface area contributed by atoms with Crippen LogP contribution in [0, 0.1) is 11.8 Å². The highest BCUT2D eigenvalue weighted by molar-refractivity contribution is 5.88. The van der Waals surface area contributed by atoms with Crippen molar-refractivity contribution >= 4 is 5.97 Å². The molecule has 0 aromatic carbocycles. The molecule has 1 N–H and O–H groups in total. The van der Waals surface area contributed by atoms with Crippen molar-refractivity contribution in [3.63, 3.8) is 0 Å². The summed E-state index contributed by atoms with van der Waals surface area (Å²) in [5.74, 6) is 0.603. The van der Waals surface area contributed by atoms with Crippen LogP contribution in [-0.2, 0) is 0 Å². The van der Waals surface area contributed by atoms with E-state index in [2.05, 4.69) is 18.8 Å². The Labute approximate surface area is 107 Å². The van der Waals surface area contributed by atoms with Crippen LogP contribution < -0.4 is 4.74 Å². The zero-order valence-corrected chi connectivity index (χ0v) is 10.8. The summed E-state index contributed by atoms with van der Waals surface area (Å²) < 4.78 is 5.85. The van der Waals surface area contributed by atoms with E-state index in [1.54, 1.807) is 12.1 Å². The highest BCUT2D eigenvalue weighted by atomic mass is 16.5. The molecule has 1 aliphatic carbocycles. The molecule has 18 heavy (non-hydrogen) atoms. The van der Waals surface area contributed by atoms with Crippen LogP contribution in [-0.4, -0.2) is 22.2 Å². The van der Waals surface area contributed by atoms with E-state index < -0.39 is 5.97 Å². The first-order valence-electron chi connectivity index (χ1n) is 6.41. The number of aromatic carboxylic acids is 1. The first-order chi connectivity index (χ1) is 8.56. The van der Waals surface area contributed by atoms with Crippen molar-refractivity contribution in [1.29, 1.82) is 0 Å². The highest BCUT2D eigenvalue weighted by Gasteiger charge is 2.26. The number of nitrogens with zero attached hydrogens (tertiary/aromatic N) is 1. The molecule has 0 bridgehead atoms. The number of hydrogen-bond acceptors (Lipinski definition) is 3. The quantitative estimate of drug-likeness (QED) is 0.894. The average Bonchev–Trinajstić information content (AvgIpc) is 2.27. The van der Waals surface area contributed by atoms with Crippen LogP contribution in [0.3, 0.4) is 0 Å². The lowest BCUT2D eigenvalue weighted by molar-refractivity contribution is 0.0667. The summed E-state index contributed by atoms with van der Waals surface area (Å²) >= 11 is 0. The van der Waals surface area contributed by atoms with Crippen molar-refractivity contribution in [2.45, 2.75) is 39.2 Å². The lowest BCUT2D eigenvalue weighted by Gasteiger charge is -2.31. The van der Waals surface area contributed by atoms with E-state index in [0.717, 1.165) is 12.8 Å². The molecule has 1 aromatic heterocycles. The molecule has 2 atom stereocenters. The van der Waals surface area contributed by atoms with E-state index in [1.807, 2.05) is 0 Å². The van der Waals surface area contributed by atoms with Crippen molar-refractivity contribution in [1.82, 2.24) is 4.98 Å². The minimum atomic E-state index is -1.04. The maximum atomic E-state index is 11.0. The molecule has 0 amide bonds. The lowest BCUT2D eigenvalue weighted by Crippen LogP contribution is -2.29. The first kappa shape index (κ1) is 12.9. The number of carboxylic acids is 1. The van der Waals surface area contributed by atoms with Gasteiger partial charge >= 0.3 is 5.97 Å². The molecule has 0 radical (unpaired) electrons. The maximum Gasteiger partial charge on any atom is 0.358 e. The van der Waals surface area contributed by atoms with E-state index >= 15 is 0 Å². The number of aromatic nitrogens is 1. The molecule has 0 aliphatic heterocycles. The van der Waals surface area contributed by atoms with E-state index in [4.69, 9.17) is 9.84 Å². The number of rotatable bonds is 3. The summed E-state index contributed by atoms with van der Waals surface area (Å²) in [6.45, 7) is 4.43. The van der Waals surface area contributed by atoms with Gasteiger partial charge in [-0.3, -0.25) is 0 Å². The minimum absolute atomic E-state index is 0.00313.